The molecule has 4 nitrogen and oxygen atoms in total. The Labute approximate surface area is 124 Å². The number of rotatable bonds is 6. The molecule has 0 spiro atoms. The molecule has 1 N–H and O–H groups in total. The SMILES string of the molecule is CCCc1c(NC)ncnc1N(C)C(C)c1cccs1. The predicted octanol–water partition coefficient (Wildman–Crippen LogP) is 3.73. The molecule has 2 rings (SSSR count). The molecule has 2 aromatic rings. The molecule has 108 valence electrons. The summed E-state index contributed by atoms with van der Waals surface area (Å²) in [5.41, 5.74) is 1.20. The zero-order valence-corrected chi connectivity index (χ0v) is 13.4. The van der Waals surface area contributed by atoms with Gasteiger partial charge >= 0.3 is 0 Å². The third-order valence-electron chi connectivity index (χ3n) is 3.53. The van der Waals surface area contributed by atoms with Gasteiger partial charge in [0.25, 0.3) is 0 Å². The molecule has 0 bridgehead atoms. The molecule has 2 aromatic heterocycles. The largest absolute Gasteiger partial charge is 0.373 e. The van der Waals surface area contributed by atoms with Crippen LogP contribution in [0.15, 0.2) is 23.8 Å². The van der Waals surface area contributed by atoms with E-state index in [1.54, 1.807) is 17.7 Å². The lowest BCUT2D eigenvalue weighted by Gasteiger charge is -2.27. The fourth-order valence-electron chi connectivity index (χ4n) is 2.31. The maximum atomic E-state index is 4.52. The first-order valence-electron chi connectivity index (χ1n) is 6.96. The highest BCUT2D eigenvalue weighted by molar-refractivity contribution is 7.10. The van der Waals surface area contributed by atoms with Crippen LogP contribution in [0.1, 0.15) is 36.8 Å². The molecule has 0 aliphatic heterocycles. The Morgan fingerprint density at radius 2 is 2.20 bits per heavy atom. The van der Waals surface area contributed by atoms with Crippen LogP contribution in [0.3, 0.4) is 0 Å². The standard InChI is InChI=1S/C15H22N4S/c1-5-7-12-14(16-3)17-10-18-15(12)19(4)11(2)13-8-6-9-20-13/h6,8-11H,5,7H2,1-4H3,(H,16,17,18). The molecule has 0 saturated carbocycles. The molecule has 0 amide bonds. The molecular formula is C15H22N4S. The minimum Gasteiger partial charge on any atom is -0.373 e. The third kappa shape index (κ3) is 2.93. The third-order valence-corrected chi connectivity index (χ3v) is 4.57. The van der Waals surface area contributed by atoms with Crippen molar-refractivity contribution in [3.05, 3.63) is 34.3 Å². The van der Waals surface area contributed by atoms with Gasteiger partial charge in [-0.05, 0) is 24.8 Å². The monoisotopic (exact) mass is 290 g/mol. The lowest BCUT2D eigenvalue weighted by molar-refractivity contribution is 0.730. The van der Waals surface area contributed by atoms with Crippen LogP contribution in [-0.2, 0) is 6.42 Å². The maximum Gasteiger partial charge on any atom is 0.137 e. The van der Waals surface area contributed by atoms with Gasteiger partial charge in [-0.1, -0.05) is 19.4 Å². The second-order valence-corrected chi connectivity index (χ2v) is 5.81. The second kappa shape index (κ2) is 6.70. The Morgan fingerprint density at radius 1 is 1.40 bits per heavy atom. The van der Waals surface area contributed by atoms with Gasteiger partial charge in [0.05, 0.1) is 6.04 Å². The Bertz CT molecular complexity index is 539. The highest BCUT2D eigenvalue weighted by Crippen LogP contribution is 2.31. The van der Waals surface area contributed by atoms with Crippen molar-refractivity contribution in [1.82, 2.24) is 9.97 Å². The summed E-state index contributed by atoms with van der Waals surface area (Å²) < 4.78 is 0. The summed E-state index contributed by atoms with van der Waals surface area (Å²) in [4.78, 5) is 12.4. The molecule has 20 heavy (non-hydrogen) atoms. The number of nitrogens with zero attached hydrogens (tertiary/aromatic N) is 3. The second-order valence-electron chi connectivity index (χ2n) is 4.83. The van der Waals surface area contributed by atoms with Crippen molar-refractivity contribution in [2.45, 2.75) is 32.7 Å². The number of aromatic nitrogens is 2. The van der Waals surface area contributed by atoms with Gasteiger partial charge in [0, 0.05) is 24.5 Å². The summed E-state index contributed by atoms with van der Waals surface area (Å²) >= 11 is 1.78. The van der Waals surface area contributed by atoms with E-state index >= 15 is 0 Å². The first-order valence-corrected chi connectivity index (χ1v) is 7.84. The van der Waals surface area contributed by atoms with Crippen molar-refractivity contribution in [2.75, 3.05) is 24.3 Å². The molecule has 0 aliphatic carbocycles. The van der Waals surface area contributed by atoms with Crippen molar-refractivity contribution in [2.24, 2.45) is 0 Å². The van der Waals surface area contributed by atoms with E-state index < -0.39 is 0 Å². The lowest BCUT2D eigenvalue weighted by Crippen LogP contribution is -2.24. The first-order chi connectivity index (χ1) is 9.69. The van der Waals surface area contributed by atoms with E-state index in [9.17, 15) is 0 Å². The number of hydrogen-bond donors (Lipinski definition) is 1. The van der Waals surface area contributed by atoms with Crippen molar-refractivity contribution < 1.29 is 0 Å². The maximum absolute atomic E-state index is 4.52. The topological polar surface area (TPSA) is 41.1 Å². The molecule has 2 heterocycles. The summed E-state index contributed by atoms with van der Waals surface area (Å²) in [7, 11) is 4.01. The van der Waals surface area contributed by atoms with Crippen LogP contribution in [0.2, 0.25) is 0 Å². The zero-order chi connectivity index (χ0) is 14.5. The van der Waals surface area contributed by atoms with Gasteiger partial charge in [0.1, 0.15) is 18.0 Å². The van der Waals surface area contributed by atoms with Crippen LogP contribution in [0, 0.1) is 0 Å². The quantitative estimate of drug-likeness (QED) is 0.880. The average molecular weight is 290 g/mol. The normalized spacial score (nSPS) is 12.2. The lowest BCUT2D eigenvalue weighted by atomic mass is 10.1. The van der Waals surface area contributed by atoms with Gasteiger partial charge in [-0.25, -0.2) is 9.97 Å². The van der Waals surface area contributed by atoms with E-state index in [1.165, 1.54) is 10.4 Å². The minimum absolute atomic E-state index is 0.310. The average Bonchev–Trinajstić information content (AvgIpc) is 3.00. The fourth-order valence-corrected chi connectivity index (χ4v) is 3.13. The van der Waals surface area contributed by atoms with Gasteiger partial charge in [-0.2, -0.15) is 0 Å². The van der Waals surface area contributed by atoms with E-state index in [0.717, 1.165) is 24.5 Å². The van der Waals surface area contributed by atoms with E-state index in [1.807, 2.05) is 7.05 Å². The van der Waals surface area contributed by atoms with Crippen LogP contribution in [0.25, 0.3) is 0 Å². The van der Waals surface area contributed by atoms with Gasteiger partial charge in [-0.3, -0.25) is 0 Å². The van der Waals surface area contributed by atoms with Crippen LogP contribution < -0.4 is 10.2 Å². The summed E-state index contributed by atoms with van der Waals surface area (Å²) in [6, 6.07) is 4.58. The fraction of sp³-hybridized carbons (Fsp3) is 0.467. The highest BCUT2D eigenvalue weighted by atomic mass is 32.1. The van der Waals surface area contributed by atoms with Crippen molar-refractivity contribution >= 4 is 23.0 Å². The molecular weight excluding hydrogens is 268 g/mol. The smallest absolute Gasteiger partial charge is 0.137 e. The van der Waals surface area contributed by atoms with E-state index in [4.69, 9.17) is 0 Å². The Hall–Kier alpha value is -1.62. The van der Waals surface area contributed by atoms with E-state index in [2.05, 4.69) is 58.6 Å². The van der Waals surface area contributed by atoms with Crippen molar-refractivity contribution in [3.63, 3.8) is 0 Å². The van der Waals surface area contributed by atoms with Crippen LogP contribution in [-0.4, -0.2) is 24.1 Å². The number of anilines is 2. The van der Waals surface area contributed by atoms with Crippen LogP contribution in [0.5, 0.6) is 0 Å². The minimum atomic E-state index is 0.310. The molecule has 0 radical (unpaired) electrons. The zero-order valence-electron chi connectivity index (χ0n) is 12.6. The van der Waals surface area contributed by atoms with E-state index in [0.29, 0.717) is 6.04 Å². The predicted molar refractivity (Wildman–Crippen MR) is 86.7 cm³/mol. The summed E-state index contributed by atoms with van der Waals surface area (Å²) in [6.45, 7) is 4.39. The van der Waals surface area contributed by atoms with E-state index in [-0.39, 0.29) is 0 Å². The van der Waals surface area contributed by atoms with Gasteiger partial charge in [-0.15, -0.1) is 11.3 Å². The molecule has 0 saturated heterocycles. The van der Waals surface area contributed by atoms with Gasteiger partial charge < -0.3 is 10.2 Å². The molecule has 0 fully saturated rings. The molecule has 0 aliphatic rings. The molecule has 1 atom stereocenters. The number of hydrogen-bond acceptors (Lipinski definition) is 5. The van der Waals surface area contributed by atoms with Crippen LogP contribution >= 0.6 is 11.3 Å². The van der Waals surface area contributed by atoms with Gasteiger partial charge in [0.15, 0.2) is 0 Å². The summed E-state index contributed by atoms with van der Waals surface area (Å²) in [5, 5.41) is 5.29. The van der Waals surface area contributed by atoms with Crippen molar-refractivity contribution in [1.29, 1.82) is 0 Å². The first kappa shape index (κ1) is 14.8. The Morgan fingerprint density at radius 3 is 2.80 bits per heavy atom. The molecule has 1 unspecified atom stereocenters. The van der Waals surface area contributed by atoms with Crippen molar-refractivity contribution in [3.8, 4) is 0 Å². The Kier molecular flexibility index (Phi) is 4.95. The number of thiophene rings is 1. The summed E-state index contributed by atoms with van der Waals surface area (Å²) in [6.07, 6.45) is 3.70. The molecule has 5 heteroatoms. The summed E-state index contributed by atoms with van der Waals surface area (Å²) in [5.74, 6) is 1.95. The van der Waals surface area contributed by atoms with Gasteiger partial charge in [0.2, 0.25) is 0 Å². The number of nitrogens with one attached hydrogen (secondary N) is 1. The highest BCUT2D eigenvalue weighted by Gasteiger charge is 2.19. The Balaban J connectivity index is 2.35. The molecule has 0 aromatic carbocycles. The van der Waals surface area contributed by atoms with Crippen LogP contribution in [0.4, 0.5) is 11.6 Å².